The normalized spacial score (nSPS) is 13.8. The summed E-state index contributed by atoms with van der Waals surface area (Å²) in [6.45, 7) is 0.0648. The number of fused-ring (bicyclic) bond motifs is 1. The molecule has 19 nitrogen and oxygen atoms in total. The van der Waals surface area contributed by atoms with E-state index in [1.54, 1.807) is 35.9 Å². The van der Waals surface area contributed by atoms with Crippen LogP contribution < -0.4 is 0 Å². The van der Waals surface area contributed by atoms with E-state index in [2.05, 4.69) is 15.2 Å². The number of hydrogen-bond donors (Lipinski definition) is 10. The highest BCUT2D eigenvalue weighted by Gasteiger charge is 2.59. The minimum Gasteiger partial charge on any atom is -0.368 e. The van der Waals surface area contributed by atoms with Crippen molar-refractivity contribution in [3.05, 3.63) is 42.5 Å². The van der Waals surface area contributed by atoms with Crippen molar-refractivity contribution in [1.29, 1.82) is 0 Å². The van der Waals surface area contributed by atoms with Crippen LogP contribution in [0.3, 0.4) is 0 Å². The molecule has 2 aromatic heterocycles. The van der Waals surface area contributed by atoms with E-state index in [0.717, 1.165) is 5.52 Å². The second-order valence-corrected chi connectivity index (χ2v) is 16.5. The molecule has 0 aliphatic rings. The topological polar surface area (TPSA) is 319 Å². The van der Waals surface area contributed by atoms with Gasteiger partial charge in [-0.25, -0.2) is 4.98 Å². The van der Waals surface area contributed by atoms with Crippen molar-refractivity contribution in [2.24, 2.45) is 7.05 Å². The summed E-state index contributed by atoms with van der Waals surface area (Å²) in [7, 11) is -20.0. The van der Waals surface area contributed by atoms with Crippen LogP contribution in [0.1, 0.15) is 25.1 Å². The van der Waals surface area contributed by atoms with Crippen molar-refractivity contribution in [2.45, 2.75) is 42.4 Å². The van der Waals surface area contributed by atoms with Crippen LogP contribution in [0.15, 0.2) is 36.7 Å². The molecule has 10 N–H and O–H groups in total. The van der Waals surface area contributed by atoms with Crippen LogP contribution in [-0.4, -0.2) is 84.1 Å². The van der Waals surface area contributed by atoms with Gasteiger partial charge in [0, 0.05) is 26.3 Å². The Morgan fingerprint density at radius 2 is 1.20 bits per heavy atom. The first-order chi connectivity index (χ1) is 18.1. The first kappa shape index (κ1) is 34.6. The first-order valence-corrected chi connectivity index (χ1v) is 17.4. The molecule has 0 spiro atoms. The predicted octanol–water partition coefficient (Wildman–Crippen LogP) is -0.433. The van der Waals surface area contributed by atoms with Crippen LogP contribution in [-0.2, 0) is 38.3 Å². The van der Waals surface area contributed by atoms with Crippen molar-refractivity contribution in [1.82, 2.24) is 24.5 Å². The minimum atomic E-state index is -5.44. The molecule has 0 atom stereocenters. The fourth-order valence-electron chi connectivity index (χ4n) is 3.44. The molecule has 0 amide bonds. The van der Waals surface area contributed by atoms with Crippen molar-refractivity contribution in [3.8, 4) is 0 Å². The highest BCUT2D eigenvalue weighted by molar-refractivity contribution is 7.72. The summed E-state index contributed by atoms with van der Waals surface area (Å²) in [4.78, 5) is 77.2. The largest absolute Gasteiger partial charge is 0.369 e. The van der Waals surface area contributed by atoms with Crippen molar-refractivity contribution >= 4 is 41.4 Å². The van der Waals surface area contributed by atoms with Gasteiger partial charge in [0.25, 0.3) is 10.2 Å². The number of para-hydroxylation sites is 2. The molecule has 226 valence electrons. The molecule has 2 heterocycles. The maximum absolute atomic E-state index is 11.3. The van der Waals surface area contributed by atoms with Gasteiger partial charge in [-0.3, -0.25) is 18.3 Å². The number of aryl methyl sites for hydroxylation is 3. The standard InChI is InChI=1S/C11H16N2O7P2.C6H13N3O7P2/c1-13-9-5-3-2-4-8(9)12-10(13)6-7-11(14,21(15,16)17)22(18,19)20;10-6(17(11,12)13,18(14,15)16)2-1-5-9-7-3-4-8-9/h2-5,14H,6-7H2,1H3,(H2,15,16,17)(H2,18,19,20);3-4,10H,1-2,5H2,(H2,11,12,13)(H2,14,15,16). The van der Waals surface area contributed by atoms with Crippen molar-refractivity contribution < 1.29 is 67.6 Å². The van der Waals surface area contributed by atoms with Crippen LogP contribution in [0.5, 0.6) is 0 Å². The molecule has 40 heavy (non-hydrogen) atoms. The van der Waals surface area contributed by atoms with Crippen LogP contribution in [0.4, 0.5) is 0 Å². The number of benzene rings is 1. The summed E-state index contributed by atoms with van der Waals surface area (Å²) in [5.74, 6) is 0.349. The van der Waals surface area contributed by atoms with E-state index in [1.165, 1.54) is 17.2 Å². The molecule has 0 bridgehead atoms. The molecular weight excluding hydrogens is 622 g/mol. The zero-order valence-electron chi connectivity index (χ0n) is 20.6. The Balaban J connectivity index is 0.000000286. The molecule has 0 unspecified atom stereocenters. The number of aliphatic hydroxyl groups is 2. The minimum absolute atomic E-state index is 0.0648. The number of nitrogens with zero attached hydrogens (tertiary/aromatic N) is 5. The molecule has 0 saturated heterocycles. The van der Waals surface area contributed by atoms with Gasteiger partial charge in [0.05, 0.1) is 30.0 Å². The van der Waals surface area contributed by atoms with Crippen molar-refractivity contribution in [2.75, 3.05) is 0 Å². The number of rotatable bonds is 11. The van der Waals surface area contributed by atoms with Gasteiger partial charge in [-0.1, -0.05) is 12.1 Å². The summed E-state index contributed by atoms with van der Waals surface area (Å²) >= 11 is 0. The van der Waals surface area contributed by atoms with E-state index < -0.39 is 53.4 Å². The molecule has 0 saturated carbocycles. The molecule has 23 heteroatoms. The average Bonchev–Trinajstić information content (AvgIpc) is 3.43. The molecule has 3 aromatic rings. The molecule has 0 aliphatic carbocycles. The third kappa shape index (κ3) is 7.59. The van der Waals surface area contributed by atoms with Gasteiger partial charge in [0.1, 0.15) is 5.82 Å². The Bertz CT molecular complexity index is 1440. The molecular formula is C17H29N5O14P4. The van der Waals surface area contributed by atoms with E-state index in [-0.39, 0.29) is 19.4 Å². The van der Waals surface area contributed by atoms with E-state index in [0.29, 0.717) is 11.3 Å². The van der Waals surface area contributed by atoms with Crippen LogP contribution >= 0.6 is 30.4 Å². The Morgan fingerprint density at radius 3 is 1.65 bits per heavy atom. The lowest BCUT2D eigenvalue weighted by molar-refractivity contribution is 0.119. The zero-order valence-corrected chi connectivity index (χ0v) is 24.2. The van der Waals surface area contributed by atoms with Gasteiger partial charge < -0.3 is 53.9 Å². The quantitative estimate of drug-likeness (QED) is 0.118. The third-order valence-electron chi connectivity index (χ3n) is 5.77. The number of aromatic nitrogens is 5. The lowest BCUT2D eigenvalue weighted by atomic mass is 10.3. The molecule has 0 radical (unpaired) electrons. The summed E-state index contributed by atoms with van der Waals surface area (Å²) in [5.41, 5.74) is 1.39. The fourth-order valence-corrected chi connectivity index (χ4v) is 7.86. The van der Waals surface area contributed by atoms with Crippen molar-refractivity contribution in [3.63, 3.8) is 0 Å². The smallest absolute Gasteiger partial charge is 0.368 e. The lowest BCUT2D eigenvalue weighted by Crippen LogP contribution is -2.29. The Kier molecular flexibility index (Phi) is 10.6. The molecule has 0 fully saturated rings. The van der Waals surface area contributed by atoms with E-state index in [1.807, 2.05) is 0 Å². The summed E-state index contributed by atoms with van der Waals surface area (Å²) < 4.78 is 46.3. The Morgan fingerprint density at radius 1 is 0.750 bits per heavy atom. The lowest BCUT2D eigenvalue weighted by Gasteiger charge is -2.29. The summed E-state index contributed by atoms with van der Waals surface area (Å²) in [6, 6.07) is 7.07. The second-order valence-electron chi connectivity index (χ2n) is 8.53. The molecule has 0 aliphatic heterocycles. The highest BCUT2D eigenvalue weighted by Crippen LogP contribution is 2.70. The van der Waals surface area contributed by atoms with Gasteiger partial charge >= 0.3 is 30.4 Å². The zero-order chi connectivity index (χ0) is 30.8. The summed E-state index contributed by atoms with van der Waals surface area (Å²) in [6.07, 6.45) is 0.831. The van der Waals surface area contributed by atoms with Gasteiger partial charge in [-0.15, -0.1) is 0 Å². The Hall–Kier alpha value is -1.65. The maximum Gasteiger partial charge on any atom is 0.369 e. The SMILES string of the molecule is Cn1c(CCC(O)(P(=O)(O)O)P(=O)(O)O)nc2ccccc21.O=P(O)(O)C(O)(CCCn1nccn1)P(=O)(O)O. The van der Waals surface area contributed by atoms with Crippen LogP contribution in [0.25, 0.3) is 11.0 Å². The summed E-state index contributed by atoms with van der Waals surface area (Å²) in [5, 5.41) is 20.0. The second kappa shape index (κ2) is 12.3. The van der Waals surface area contributed by atoms with Gasteiger partial charge in [0.2, 0.25) is 0 Å². The molecule has 1 aromatic carbocycles. The van der Waals surface area contributed by atoms with Gasteiger partial charge in [0.15, 0.2) is 0 Å². The van der Waals surface area contributed by atoms with E-state index >= 15 is 0 Å². The Labute approximate surface area is 225 Å². The van der Waals surface area contributed by atoms with Gasteiger partial charge in [-0.05, 0) is 18.6 Å². The number of imidazole rings is 1. The first-order valence-electron chi connectivity index (χ1n) is 11.0. The van der Waals surface area contributed by atoms with Crippen LogP contribution in [0, 0.1) is 0 Å². The number of hydrogen-bond acceptors (Lipinski definition) is 9. The van der Waals surface area contributed by atoms with E-state index in [9.17, 15) is 28.5 Å². The fraction of sp³-hybridized carbons (Fsp3) is 0.471. The van der Waals surface area contributed by atoms with E-state index in [4.69, 9.17) is 39.1 Å². The predicted molar refractivity (Wildman–Crippen MR) is 136 cm³/mol. The monoisotopic (exact) mass is 651 g/mol. The average molecular weight is 651 g/mol. The maximum atomic E-state index is 11.3. The van der Waals surface area contributed by atoms with Crippen LogP contribution in [0.2, 0.25) is 0 Å². The molecule has 3 rings (SSSR count). The van der Waals surface area contributed by atoms with Gasteiger partial charge in [-0.2, -0.15) is 15.0 Å². The highest BCUT2D eigenvalue weighted by atomic mass is 31.2. The third-order valence-corrected chi connectivity index (χ3v) is 13.5.